The summed E-state index contributed by atoms with van der Waals surface area (Å²) in [6.07, 6.45) is 4.82. The van der Waals surface area contributed by atoms with Crippen LogP contribution in [0.5, 0.6) is 0 Å². The number of ether oxygens (including phenoxy) is 1. The summed E-state index contributed by atoms with van der Waals surface area (Å²) < 4.78 is 7.40. The highest BCUT2D eigenvalue weighted by Gasteiger charge is 2.46. The Labute approximate surface area is 122 Å². The third kappa shape index (κ3) is 2.46. The fraction of sp³-hybridized carbons (Fsp3) is 0.615. The predicted octanol–water partition coefficient (Wildman–Crippen LogP) is -0.540. The predicted molar refractivity (Wildman–Crippen MR) is 73.5 cm³/mol. The zero-order valence-electron chi connectivity index (χ0n) is 11.9. The molecule has 2 fully saturated rings. The summed E-state index contributed by atoms with van der Waals surface area (Å²) in [5, 5.41) is 2.91. The molecule has 2 aliphatic rings. The van der Waals surface area contributed by atoms with Crippen molar-refractivity contribution in [3.8, 4) is 0 Å². The van der Waals surface area contributed by atoms with Gasteiger partial charge in [0.15, 0.2) is 5.82 Å². The van der Waals surface area contributed by atoms with Crippen LogP contribution in [0.15, 0.2) is 12.4 Å². The van der Waals surface area contributed by atoms with Gasteiger partial charge in [0.25, 0.3) is 5.91 Å². The van der Waals surface area contributed by atoms with Gasteiger partial charge in [-0.3, -0.25) is 4.79 Å². The molecule has 3 amide bonds. The van der Waals surface area contributed by atoms with E-state index in [1.165, 1.54) is 0 Å². The van der Waals surface area contributed by atoms with Gasteiger partial charge in [-0.1, -0.05) is 0 Å². The number of primary amides is 1. The highest BCUT2D eigenvalue weighted by molar-refractivity contribution is 5.91. The normalized spacial score (nSPS) is 28.2. The van der Waals surface area contributed by atoms with Crippen molar-refractivity contribution in [1.82, 2.24) is 19.8 Å². The lowest BCUT2D eigenvalue weighted by Crippen LogP contribution is -2.48. The van der Waals surface area contributed by atoms with E-state index in [0.29, 0.717) is 19.0 Å². The van der Waals surface area contributed by atoms with Crippen molar-refractivity contribution >= 4 is 11.9 Å². The number of nitrogens with two attached hydrogens (primary N) is 1. The van der Waals surface area contributed by atoms with Gasteiger partial charge >= 0.3 is 6.03 Å². The maximum atomic E-state index is 12.2. The first-order chi connectivity index (χ1) is 10.1. The van der Waals surface area contributed by atoms with Gasteiger partial charge in [0, 0.05) is 32.6 Å². The molecule has 1 aromatic rings. The van der Waals surface area contributed by atoms with E-state index >= 15 is 0 Å². The molecule has 0 saturated carbocycles. The van der Waals surface area contributed by atoms with Crippen LogP contribution in [-0.2, 0) is 11.8 Å². The summed E-state index contributed by atoms with van der Waals surface area (Å²) in [6, 6.07) is -0.779. The second-order valence-electron chi connectivity index (χ2n) is 5.48. The van der Waals surface area contributed by atoms with E-state index in [1.807, 2.05) is 0 Å². The number of aromatic nitrogens is 2. The summed E-state index contributed by atoms with van der Waals surface area (Å²) in [6.45, 7) is 1.02. The molecule has 3 N–H and O–H groups in total. The monoisotopic (exact) mass is 293 g/mol. The van der Waals surface area contributed by atoms with Gasteiger partial charge in [0.05, 0.1) is 18.2 Å². The lowest BCUT2D eigenvalue weighted by atomic mass is 10.0. The quantitative estimate of drug-likeness (QED) is 0.764. The number of hydrogen-bond acceptors (Lipinski definition) is 4. The van der Waals surface area contributed by atoms with Gasteiger partial charge in [-0.05, 0) is 12.8 Å². The fourth-order valence-electron chi connectivity index (χ4n) is 3.15. The standard InChI is InChI=1S/C13H19N5O3/c1-17-5-4-15-11(17)12(19)16-8-7-18(13(14)20)9-3-2-6-21-10(8)9/h4-5,8-10H,2-3,6-7H2,1H3,(H2,14,20)(H,16,19)/t8-,9-,10-/m1/s1. The van der Waals surface area contributed by atoms with Crippen molar-refractivity contribution in [3.05, 3.63) is 18.2 Å². The third-order valence-electron chi connectivity index (χ3n) is 4.15. The minimum Gasteiger partial charge on any atom is -0.374 e. The van der Waals surface area contributed by atoms with Crippen molar-refractivity contribution in [2.45, 2.75) is 31.0 Å². The van der Waals surface area contributed by atoms with Crippen LogP contribution in [0.3, 0.4) is 0 Å². The molecule has 2 aliphatic heterocycles. The minimum absolute atomic E-state index is 0.0529. The summed E-state index contributed by atoms with van der Waals surface area (Å²) in [7, 11) is 1.76. The molecule has 0 bridgehead atoms. The van der Waals surface area contributed by atoms with E-state index < -0.39 is 6.03 Å². The highest BCUT2D eigenvalue weighted by Crippen LogP contribution is 2.28. The molecule has 3 heterocycles. The van der Waals surface area contributed by atoms with E-state index in [4.69, 9.17) is 10.5 Å². The van der Waals surface area contributed by atoms with Crippen LogP contribution in [0, 0.1) is 0 Å². The van der Waals surface area contributed by atoms with Gasteiger partial charge in [0.2, 0.25) is 0 Å². The Bertz CT molecular complexity index is 558. The van der Waals surface area contributed by atoms with Gasteiger partial charge in [-0.2, -0.15) is 0 Å². The maximum Gasteiger partial charge on any atom is 0.315 e. The second-order valence-corrected chi connectivity index (χ2v) is 5.48. The number of nitrogens with zero attached hydrogens (tertiary/aromatic N) is 3. The Morgan fingerprint density at radius 3 is 3.00 bits per heavy atom. The van der Waals surface area contributed by atoms with Crippen molar-refractivity contribution in [1.29, 1.82) is 0 Å². The number of hydrogen-bond donors (Lipinski definition) is 2. The van der Waals surface area contributed by atoms with Crippen LogP contribution >= 0.6 is 0 Å². The molecule has 3 rings (SSSR count). The zero-order valence-corrected chi connectivity index (χ0v) is 11.9. The highest BCUT2D eigenvalue weighted by atomic mass is 16.5. The Morgan fingerprint density at radius 1 is 1.52 bits per heavy atom. The van der Waals surface area contributed by atoms with Gasteiger partial charge in [-0.15, -0.1) is 0 Å². The molecule has 0 unspecified atom stereocenters. The molecule has 0 aliphatic carbocycles. The molecule has 114 valence electrons. The Balaban J connectivity index is 1.74. The average Bonchev–Trinajstić information content (AvgIpc) is 3.03. The van der Waals surface area contributed by atoms with Crippen molar-refractivity contribution < 1.29 is 14.3 Å². The van der Waals surface area contributed by atoms with Crippen LogP contribution in [0.2, 0.25) is 0 Å². The first-order valence-electron chi connectivity index (χ1n) is 7.04. The number of fused-ring (bicyclic) bond motifs is 1. The molecule has 0 aromatic carbocycles. The van der Waals surface area contributed by atoms with Gasteiger partial charge in [-0.25, -0.2) is 9.78 Å². The number of carbonyl (C=O) groups is 2. The van der Waals surface area contributed by atoms with E-state index in [0.717, 1.165) is 12.8 Å². The molecule has 1 aromatic heterocycles. The second kappa shape index (κ2) is 5.36. The van der Waals surface area contributed by atoms with Crippen LogP contribution < -0.4 is 11.1 Å². The van der Waals surface area contributed by atoms with Gasteiger partial charge in [0.1, 0.15) is 0 Å². The Kier molecular flexibility index (Phi) is 3.54. The average molecular weight is 293 g/mol. The molecule has 8 heteroatoms. The number of aryl methyl sites for hydroxylation is 1. The molecular formula is C13H19N5O3. The zero-order chi connectivity index (χ0) is 15.0. The summed E-state index contributed by atoms with van der Waals surface area (Å²) in [5.74, 6) is 0.0617. The molecule has 8 nitrogen and oxygen atoms in total. The number of carbonyl (C=O) groups excluding carboxylic acids is 2. The van der Waals surface area contributed by atoms with Crippen LogP contribution in [0.1, 0.15) is 23.5 Å². The minimum atomic E-state index is -0.468. The van der Waals surface area contributed by atoms with E-state index in [9.17, 15) is 9.59 Å². The van der Waals surface area contributed by atoms with E-state index in [-0.39, 0.29) is 24.1 Å². The summed E-state index contributed by atoms with van der Waals surface area (Å²) in [4.78, 5) is 29.4. The van der Waals surface area contributed by atoms with E-state index in [1.54, 1.807) is 28.9 Å². The lowest BCUT2D eigenvalue weighted by molar-refractivity contribution is -0.0141. The first-order valence-corrected chi connectivity index (χ1v) is 7.04. The van der Waals surface area contributed by atoms with Crippen molar-refractivity contribution in [2.75, 3.05) is 13.2 Å². The Hall–Kier alpha value is -2.09. The van der Waals surface area contributed by atoms with E-state index in [2.05, 4.69) is 10.3 Å². The van der Waals surface area contributed by atoms with Gasteiger partial charge < -0.3 is 25.3 Å². The summed E-state index contributed by atoms with van der Waals surface area (Å²) in [5.41, 5.74) is 5.42. The van der Waals surface area contributed by atoms with Crippen LogP contribution in [0.4, 0.5) is 4.79 Å². The van der Waals surface area contributed by atoms with Crippen molar-refractivity contribution in [3.63, 3.8) is 0 Å². The third-order valence-corrected chi connectivity index (χ3v) is 4.15. The smallest absolute Gasteiger partial charge is 0.315 e. The molecule has 3 atom stereocenters. The first kappa shape index (κ1) is 13.9. The SMILES string of the molecule is Cn1ccnc1C(=O)N[C@@H]1CN(C(N)=O)[C@@H]2CCCO[C@@H]21. The maximum absolute atomic E-state index is 12.2. The number of amides is 3. The number of imidazole rings is 1. The molecule has 2 saturated heterocycles. The van der Waals surface area contributed by atoms with Crippen LogP contribution in [0.25, 0.3) is 0 Å². The fourth-order valence-corrected chi connectivity index (χ4v) is 3.15. The number of likely N-dealkylation sites (tertiary alicyclic amines) is 1. The largest absolute Gasteiger partial charge is 0.374 e. The topological polar surface area (TPSA) is 102 Å². The van der Waals surface area contributed by atoms with Crippen LogP contribution in [-0.4, -0.2) is 57.7 Å². The molecule has 0 radical (unpaired) electrons. The Morgan fingerprint density at radius 2 is 2.33 bits per heavy atom. The molecular weight excluding hydrogens is 274 g/mol. The number of rotatable bonds is 2. The molecule has 21 heavy (non-hydrogen) atoms. The number of nitrogens with one attached hydrogen (secondary N) is 1. The lowest BCUT2D eigenvalue weighted by Gasteiger charge is -2.31. The number of urea groups is 1. The summed E-state index contributed by atoms with van der Waals surface area (Å²) >= 11 is 0. The molecule has 0 spiro atoms. The van der Waals surface area contributed by atoms with Crippen molar-refractivity contribution in [2.24, 2.45) is 12.8 Å².